The fourth-order valence-corrected chi connectivity index (χ4v) is 2.50. The van der Waals surface area contributed by atoms with E-state index >= 15 is 0 Å². The molecule has 0 aliphatic carbocycles. The summed E-state index contributed by atoms with van der Waals surface area (Å²) in [6.45, 7) is 6.07. The van der Waals surface area contributed by atoms with E-state index in [-0.39, 0.29) is 11.2 Å². The van der Waals surface area contributed by atoms with Crippen molar-refractivity contribution in [1.29, 1.82) is 0 Å². The Morgan fingerprint density at radius 1 is 1.45 bits per heavy atom. The number of rotatable bonds is 6. The number of nitrogens with zero attached hydrogens (tertiary/aromatic N) is 3. The van der Waals surface area contributed by atoms with Crippen molar-refractivity contribution in [3.8, 4) is 11.4 Å². The molecule has 0 saturated carbocycles. The molecule has 0 bridgehead atoms. The number of aromatic nitrogens is 3. The van der Waals surface area contributed by atoms with E-state index in [0.29, 0.717) is 11.7 Å². The summed E-state index contributed by atoms with van der Waals surface area (Å²) < 4.78 is 1.92. The van der Waals surface area contributed by atoms with Gasteiger partial charge < -0.3 is 5.73 Å². The first-order valence-corrected chi connectivity index (χ1v) is 7.07. The molecule has 0 aliphatic heterocycles. The molecule has 1 aromatic heterocycles. The highest BCUT2D eigenvalue weighted by Crippen LogP contribution is 2.26. The Hall–Kier alpha value is -2.08. The van der Waals surface area contributed by atoms with Crippen LogP contribution in [-0.4, -0.2) is 25.9 Å². The summed E-state index contributed by atoms with van der Waals surface area (Å²) in [7, 11) is 0. The molecule has 0 saturated heterocycles. The Bertz CT molecular complexity index is 609. The summed E-state index contributed by atoms with van der Waals surface area (Å²) in [6.07, 6.45) is 1.77. The van der Waals surface area contributed by atoms with Crippen LogP contribution in [0.4, 0.5) is 0 Å². The molecule has 0 radical (unpaired) electrons. The molecule has 2 rings (SSSR count). The number of carbonyl (C=O) groups excluding carboxylic acids is 1. The number of benzene rings is 1. The van der Waals surface area contributed by atoms with Crippen molar-refractivity contribution in [3.05, 3.63) is 43.0 Å². The lowest BCUT2D eigenvalue weighted by atomic mass is 10.2. The Morgan fingerprint density at radius 3 is 2.75 bits per heavy atom. The fourth-order valence-electron chi connectivity index (χ4n) is 1.69. The maximum Gasteiger partial charge on any atom is 0.230 e. The molecule has 0 fully saturated rings. The van der Waals surface area contributed by atoms with Gasteiger partial charge in [-0.3, -0.25) is 9.36 Å². The van der Waals surface area contributed by atoms with Crippen LogP contribution in [-0.2, 0) is 11.3 Å². The fraction of sp³-hybridized carbons (Fsp3) is 0.214. The number of amides is 1. The number of primary amides is 1. The second-order valence-electron chi connectivity index (χ2n) is 4.23. The van der Waals surface area contributed by atoms with Crippen molar-refractivity contribution in [3.63, 3.8) is 0 Å². The van der Waals surface area contributed by atoms with Gasteiger partial charge in [-0.25, -0.2) is 0 Å². The molecule has 0 aliphatic rings. The van der Waals surface area contributed by atoms with Crippen LogP contribution in [0.25, 0.3) is 11.4 Å². The van der Waals surface area contributed by atoms with Crippen molar-refractivity contribution < 1.29 is 4.79 Å². The highest BCUT2D eigenvalue weighted by atomic mass is 32.2. The van der Waals surface area contributed by atoms with Crippen LogP contribution in [0.3, 0.4) is 0 Å². The van der Waals surface area contributed by atoms with Crippen LogP contribution < -0.4 is 5.73 Å². The molecule has 1 aromatic carbocycles. The topological polar surface area (TPSA) is 73.8 Å². The lowest BCUT2D eigenvalue weighted by Gasteiger charge is -2.09. The van der Waals surface area contributed by atoms with E-state index in [0.717, 1.165) is 11.4 Å². The molecular formula is C14H16N4OS. The molecule has 20 heavy (non-hydrogen) atoms. The maximum atomic E-state index is 11.2. The van der Waals surface area contributed by atoms with E-state index in [1.807, 2.05) is 34.9 Å². The van der Waals surface area contributed by atoms with E-state index in [1.165, 1.54) is 11.8 Å². The summed E-state index contributed by atoms with van der Waals surface area (Å²) in [5.41, 5.74) is 6.26. The highest BCUT2D eigenvalue weighted by molar-refractivity contribution is 8.00. The molecule has 2 aromatic rings. The summed E-state index contributed by atoms with van der Waals surface area (Å²) in [6, 6.07) is 9.77. The number of hydrogen-bond acceptors (Lipinski definition) is 4. The largest absolute Gasteiger partial charge is 0.369 e. The minimum Gasteiger partial charge on any atom is -0.369 e. The second-order valence-corrected chi connectivity index (χ2v) is 5.54. The van der Waals surface area contributed by atoms with Crippen LogP contribution in [0, 0.1) is 0 Å². The zero-order chi connectivity index (χ0) is 14.5. The minimum atomic E-state index is -0.371. The lowest BCUT2D eigenvalue weighted by Crippen LogP contribution is -2.23. The van der Waals surface area contributed by atoms with Gasteiger partial charge in [0.2, 0.25) is 5.91 Å². The third-order valence-electron chi connectivity index (χ3n) is 2.74. The lowest BCUT2D eigenvalue weighted by molar-refractivity contribution is -0.117. The standard InChI is InChI=1S/C14H16N4OS/c1-3-9-18-13(11-7-5-4-6-8-11)16-17-14(18)20-10(2)12(15)19/h3-8,10H,1,9H2,2H3,(H2,15,19). The zero-order valence-electron chi connectivity index (χ0n) is 11.2. The van der Waals surface area contributed by atoms with Gasteiger partial charge in [0.15, 0.2) is 11.0 Å². The minimum absolute atomic E-state index is 0.355. The smallest absolute Gasteiger partial charge is 0.230 e. The second kappa shape index (κ2) is 6.38. The quantitative estimate of drug-likeness (QED) is 0.652. The molecule has 6 heteroatoms. The van der Waals surface area contributed by atoms with Gasteiger partial charge in [-0.05, 0) is 6.92 Å². The molecule has 104 valence electrons. The first kappa shape index (κ1) is 14.3. The predicted octanol–water partition coefficient (Wildman–Crippen LogP) is 2.10. The van der Waals surface area contributed by atoms with Gasteiger partial charge in [0, 0.05) is 12.1 Å². The Labute approximate surface area is 121 Å². The zero-order valence-corrected chi connectivity index (χ0v) is 12.0. The predicted molar refractivity (Wildman–Crippen MR) is 80.2 cm³/mol. The summed E-state index contributed by atoms with van der Waals surface area (Å²) in [5.74, 6) is 0.383. The summed E-state index contributed by atoms with van der Waals surface area (Å²) in [5, 5.41) is 8.67. The molecule has 0 spiro atoms. The van der Waals surface area contributed by atoms with E-state index in [9.17, 15) is 4.79 Å². The number of carbonyl (C=O) groups is 1. The number of hydrogen-bond donors (Lipinski definition) is 1. The third kappa shape index (κ3) is 3.08. The Kier molecular flexibility index (Phi) is 4.57. The summed E-state index contributed by atoms with van der Waals surface area (Å²) >= 11 is 1.30. The van der Waals surface area contributed by atoms with Crippen molar-refractivity contribution in [2.24, 2.45) is 5.73 Å². The molecule has 1 heterocycles. The van der Waals surface area contributed by atoms with Crippen LogP contribution in [0.15, 0.2) is 48.1 Å². The molecule has 1 atom stereocenters. The van der Waals surface area contributed by atoms with Gasteiger partial charge in [0.05, 0.1) is 5.25 Å². The summed E-state index contributed by atoms with van der Waals surface area (Å²) in [4.78, 5) is 11.2. The van der Waals surface area contributed by atoms with Crippen LogP contribution in [0.1, 0.15) is 6.92 Å². The molecule has 1 unspecified atom stereocenters. The van der Waals surface area contributed by atoms with Gasteiger partial charge >= 0.3 is 0 Å². The van der Waals surface area contributed by atoms with E-state index in [1.54, 1.807) is 13.0 Å². The maximum absolute atomic E-state index is 11.2. The monoisotopic (exact) mass is 288 g/mol. The van der Waals surface area contributed by atoms with Crippen molar-refractivity contribution in [2.45, 2.75) is 23.9 Å². The first-order chi connectivity index (χ1) is 9.63. The molecule has 2 N–H and O–H groups in total. The van der Waals surface area contributed by atoms with Crippen molar-refractivity contribution in [2.75, 3.05) is 0 Å². The van der Waals surface area contributed by atoms with E-state index in [2.05, 4.69) is 16.8 Å². The van der Waals surface area contributed by atoms with Crippen LogP contribution in [0.2, 0.25) is 0 Å². The third-order valence-corrected chi connectivity index (χ3v) is 3.84. The van der Waals surface area contributed by atoms with E-state index < -0.39 is 0 Å². The normalized spacial score (nSPS) is 12.1. The number of thioether (sulfide) groups is 1. The van der Waals surface area contributed by atoms with Gasteiger partial charge in [-0.1, -0.05) is 48.2 Å². The SMILES string of the molecule is C=CCn1c(SC(C)C(N)=O)nnc1-c1ccccc1. The average molecular weight is 288 g/mol. The van der Waals surface area contributed by atoms with Crippen molar-refractivity contribution in [1.82, 2.24) is 14.8 Å². The van der Waals surface area contributed by atoms with Crippen molar-refractivity contribution >= 4 is 17.7 Å². The molecular weight excluding hydrogens is 272 g/mol. The highest BCUT2D eigenvalue weighted by Gasteiger charge is 2.18. The first-order valence-electron chi connectivity index (χ1n) is 6.19. The van der Waals surface area contributed by atoms with Crippen LogP contribution in [0.5, 0.6) is 0 Å². The number of allylic oxidation sites excluding steroid dienone is 1. The molecule has 5 nitrogen and oxygen atoms in total. The van der Waals surface area contributed by atoms with E-state index in [4.69, 9.17) is 5.73 Å². The van der Waals surface area contributed by atoms with Crippen LogP contribution >= 0.6 is 11.8 Å². The van der Waals surface area contributed by atoms with Gasteiger partial charge in [0.25, 0.3) is 0 Å². The Balaban J connectivity index is 2.37. The van der Waals surface area contributed by atoms with Gasteiger partial charge in [-0.2, -0.15) is 0 Å². The Morgan fingerprint density at radius 2 is 2.15 bits per heavy atom. The molecule has 1 amide bonds. The van der Waals surface area contributed by atoms with Gasteiger partial charge in [0.1, 0.15) is 0 Å². The average Bonchev–Trinajstić information content (AvgIpc) is 2.83. The number of nitrogens with two attached hydrogens (primary N) is 1. The van der Waals surface area contributed by atoms with Gasteiger partial charge in [-0.15, -0.1) is 16.8 Å².